The van der Waals surface area contributed by atoms with Gasteiger partial charge < -0.3 is 9.97 Å². The van der Waals surface area contributed by atoms with E-state index in [-0.39, 0.29) is 19.5 Å². The van der Waals surface area contributed by atoms with Crippen LogP contribution in [0.1, 0.15) is 126 Å². The minimum Gasteiger partial charge on any atom is -0.657 e. The minimum absolute atomic E-state index is 0. The first-order valence-corrected chi connectivity index (χ1v) is 15.6. The fourth-order valence-corrected chi connectivity index (χ4v) is 6.92. The van der Waals surface area contributed by atoms with Crippen LogP contribution < -0.4 is 9.97 Å². The number of aromatic nitrogens is 4. The summed E-state index contributed by atoms with van der Waals surface area (Å²) in [4.78, 5) is 21.0. The average Bonchev–Trinajstić information content (AvgIpc) is 3.67. The standard InChI is InChI=1S/C36H44N4.Zn/c1-9-21-22(10-2)30-18-32-25(13-5)26(14-6)34(39-32)20-36-28(16-8)27(15-7)35(40-36)19-33-24(12-4)23(11-3)31(38-33)17-29(21)37-30;/h17-20H,9-16H2,1-8H3;/q-2;+2. The Morgan fingerprint density at radius 3 is 0.780 bits per heavy atom. The van der Waals surface area contributed by atoms with Crippen LogP contribution in [-0.2, 0) is 45.2 Å². The van der Waals surface area contributed by atoms with Crippen LogP contribution >= 0.6 is 0 Å². The topological polar surface area (TPSA) is 54.0 Å². The molecule has 3 aromatic rings. The first-order chi connectivity index (χ1) is 19.5. The van der Waals surface area contributed by atoms with E-state index in [2.05, 4.69) is 79.7 Å². The van der Waals surface area contributed by atoms with E-state index in [9.17, 15) is 0 Å². The Bertz CT molecular complexity index is 1440. The molecule has 5 heterocycles. The number of nitrogens with zero attached hydrogens (tertiary/aromatic N) is 4. The van der Waals surface area contributed by atoms with Crippen molar-refractivity contribution in [2.24, 2.45) is 0 Å². The summed E-state index contributed by atoms with van der Waals surface area (Å²) in [5, 5.41) is 0. The molecule has 3 aromatic heterocycles. The molecule has 0 saturated heterocycles. The Balaban J connectivity index is 0.00000387. The van der Waals surface area contributed by atoms with Crippen molar-refractivity contribution in [3.8, 4) is 0 Å². The third-order valence-corrected chi connectivity index (χ3v) is 8.82. The first kappa shape index (κ1) is 31.2. The molecule has 2 aliphatic heterocycles. The number of aryl methyl sites for hydroxylation is 4. The van der Waals surface area contributed by atoms with Crippen molar-refractivity contribution in [2.45, 2.75) is 107 Å². The summed E-state index contributed by atoms with van der Waals surface area (Å²) in [6, 6.07) is 8.98. The molecule has 0 amide bonds. The number of fused-ring (bicyclic) bond motifs is 8. The SMILES string of the molecule is CCC1=C(CC)c2cc3[n-]c(cc4nc(cc5[n-]c(cc1n2)c(CC)c5CC)C(CC)=C4CC)c(CC)c3CC.[Zn+2]. The fraction of sp³-hybridized carbons (Fsp3) is 0.444. The molecule has 41 heavy (non-hydrogen) atoms. The molecular weight excluding hydrogens is 554 g/mol. The summed E-state index contributed by atoms with van der Waals surface area (Å²) in [5.74, 6) is 0. The molecule has 5 rings (SSSR count). The average molecular weight is 598 g/mol. The molecule has 4 nitrogen and oxygen atoms in total. The minimum atomic E-state index is 0. The Hall–Kier alpha value is -2.78. The van der Waals surface area contributed by atoms with Gasteiger partial charge in [0.05, 0.1) is 22.8 Å². The summed E-state index contributed by atoms with van der Waals surface area (Å²) >= 11 is 0. The molecule has 0 radical (unpaired) electrons. The van der Waals surface area contributed by atoms with Gasteiger partial charge >= 0.3 is 19.5 Å². The van der Waals surface area contributed by atoms with Gasteiger partial charge in [0.15, 0.2) is 0 Å². The van der Waals surface area contributed by atoms with Crippen molar-refractivity contribution in [2.75, 3.05) is 0 Å². The molecule has 0 fully saturated rings. The molecular formula is C36H44N4Zn. The van der Waals surface area contributed by atoms with Crippen molar-refractivity contribution in [1.82, 2.24) is 19.9 Å². The van der Waals surface area contributed by atoms with Gasteiger partial charge in [-0.05, 0) is 73.7 Å². The van der Waals surface area contributed by atoms with Gasteiger partial charge in [0.1, 0.15) is 0 Å². The summed E-state index contributed by atoms with van der Waals surface area (Å²) in [7, 11) is 0. The molecule has 2 aliphatic rings. The van der Waals surface area contributed by atoms with Crippen LogP contribution in [0.3, 0.4) is 0 Å². The van der Waals surface area contributed by atoms with E-state index in [1.807, 2.05) is 0 Å². The van der Waals surface area contributed by atoms with E-state index >= 15 is 0 Å². The zero-order valence-electron chi connectivity index (χ0n) is 26.5. The van der Waals surface area contributed by atoms with Crippen LogP contribution in [0.5, 0.6) is 0 Å². The van der Waals surface area contributed by atoms with Gasteiger partial charge in [0.25, 0.3) is 0 Å². The molecule has 0 N–H and O–H groups in total. The van der Waals surface area contributed by atoms with E-state index in [1.165, 1.54) is 44.5 Å². The molecule has 0 saturated carbocycles. The number of rotatable bonds is 8. The van der Waals surface area contributed by atoms with E-state index < -0.39 is 0 Å². The second-order valence-electron chi connectivity index (χ2n) is 10.8. The summed E-state index contributed by atoms with van der Waals surface area (Å²) in [6.07, 6.45) is 7.60. The molecule has 8 bridgehead atoms. The van der Waals surface area contributed by atoms with Crippen LogP contribution in [0.2, 0.25) is 0 Å². The summed E-state index contributed by atoms with van der Waals surface area (Å²) in [5.41, 5.74) is 19.1. The van der Waals surface area contributed by atoms with E-state index in [0.717, 1.165) is 96.2 Å². The van der Waals surface area contributed by atoms with Gasteiger partial charge in [0.2, 0.25) is 0 Å². The van der Waals surface area contributed by atoms with Crippen LogP contribution in [0.4, 0.5) is 0 Å². The van der Waals surface area contributed by atoms with Crippen molar-refractivity contribution >= 4 is 44.4 Å². The van der Waals surface area contributed by atoms with Gasteiger partial charge in [-0.2, -0.15) is 0 Å². The third-order valence-electron chi connectivity index (χ3n) is 8.82. The maximum atomic E-state index is 5.25. The van der Waals surface area contributed by atoms with E-state index in [1.54, 1.807) is 0 Å². The van der Waals surface area contributed by atoms with Crippen LogP contribution in [0.25, 0.3) is 44.4 Å². The van der Waals surface area contributed by atoms with E-state index in [0.29, 0.717) is 0 Å². The molecule has 0 unspecified atom stereocenters. The fourth-order valence-electron chi connectivity index (χ4n) is 6.92. The molecule has 0 aromatic carbocycles. The predicted octanol–water partition coefficient (Wildman–Crippen LogP) is 9.28. The Morgan fingerprint density at radius 1 is 0.390 bits per heavy atom. The van der Waals surface area contributed by atoms with Gasteiger partial charge in [-0.25, -0.2) is 9.97 Å². The third kappa shape index (κ3) is 5.31. The van der Waals surface area contributed by atoms with Gasteiger partial charge in [-0.1, -0.05) is 102 Å². The molecule has 0 spiro atoms. The quantitative estimate of drug-likeness (QED) is 0.243. The van der Waals surface area contributed by atoms with Crippen LogP contribution in [0.15, 0.2) is 24.3 Å². The van der Waals surface area contributed by atoms with Crippen molar-refractivity contribution in [3.05, 3.63) is 69.3 Å². The Morgan fingerprint density at radius 2 is 0.610 bits per heavy atom. The van der Waals surface area contributed by atoms with Crippen LogP contribution in [-0.4, -0.2) is 9.97 Å². The Labute approximate surface area is 259 Å². The number of hydrogen-bond acceptors (Lipinski definition) is 2. The maximum absolute atomic E-state index is 5.25. The van der Waals surface area contributed by atoms with Gasteiger partial charge in [-0.15, -0.1) is 22.1 Å². The van der Waals surface area contributed by atoms with Crippen molar-refractivity contribution < 1.29 is 19.5 Å². The molecule has 0 aliphatic carbocycles. The largest absolute Gasteiger partial charge is 2.00 e. The normalized spacial score (nSPS) is 13.3. The predicted molar refractivity (Wildman–Crippen MR) is 171 cm³/mol. The van der Waals surface area contributed by atoms with Crippen molar-refractivity contribution in [1.29, 1.82) is 0 Å². The monoisotopic (exact) mass is 596 g/mol. The van der Waals surface area contributed by atoms with Gasteiger partial charge in [0, 0.05) is 0 Å². The number of allylic oxidation sites excluding steroid dienone is 4. The molecule has 210 valence electrons. The zero-order valence-corrected chi connectivity index (χ0v) is 29.4. The first-order valence-electron chi connectivity index (χ1n) is 15.6. The second kappa shape index (κ2) is 13.0. The zero-order chi connectivity index (χ0) is 28.6. The van der Waals surface area contributed by atoms with E-state index in [4.69, 9.17) is 19.9 Å². The van der Waals surface area contributed by atoms with Crippen LogP contribution in [0, 0.1) is 0 Å². The van der Waals surface area contributed by atoms with Crippen molar-refractivity contribution in [3.63, 3.8) is 0 Å². The second-order valence-corrected chi connectivity index (χ2v) is 10.8. The van der Waals surface area contributed by atoms with Gasteiger partial charge in [-0.3, -0.25) is 0 Å². The molecule has 5 heteroatoms. The Kier molecular flexibility index (Phi) is 9.90. The molecule has 0 atom stereocenters. The maximum Gasteiger partial charge on any atom is 2.00 e. The smallest absolute Gasteiger partial charge is 0.657 e. The summed E-state index contributed by atoms with van der Waals surface area (Å²) in [6.45, 7) is 17.9. The number of hydrogen-bond donors (Lipinski definition) is 0. The summed E-state index contributed by atoms with van der Waals surface area (Å²) < 4.78 is 0.